The Morgan fingerprint density at radius 2 is 2.24 bits per heavy atom. The van der Waals surface area contributed by atoms with Gasteiger partial charge in [-0.1, -0.05) is 16.8 Å². The quantitative estimate of drug-likeness (QED) is 0.806. The van der Waals surface area contributed by atoms with Crippen LogP contribution < -0.4 is 11.1 Å². The molecule has 0 amide bonds. The Balaban J connectivity index is 1.89. The lowest BCUT2D eigenvalue weighted by molar-refractivity contribution is 0.377. The second-order valence-electron chi connectivity index (χ2n) is 3.52. The van der Waals surface area contributed by atoms with E-state index in [-0.39, 0.29) is 0 Å². The maximum Gasteiger partial charge on any atom is 0.228 e. The average molecular weight is 254 g/mol. The SMILES string of the molecule is Cc1noc(CCNc2cc(N)cc(Cl)n2)n1. The first-order valence-corrected chi connectivity index (χ1v) is 5.47. The molecule has 0 saturated carbocycles. The maximum absolute atomic E-state index is 5.78. The van der Waals surface area contributed by atoms with Crippen LogP contribution in [-0.4, -0.2) is 21.7 Å². The summed E-state index contributed by atoms with van der Waals surface area (Å²) in [6.45, 7) is 2.40. The number of pyridine rings is 1. The summed E-state index contributed by atoms with van der Waals surface area (Å²) < 4.78 is 4.98. The molecule has 0 unspecified atom stereocenters. The van der Waals surface area contributed by atoms with Gasteiger partial charge in [-0.15, -0.1) is 0 Å². The highest BCUT2D eigenvalue weighted by Gasteiger charge is 2.03. The fraction of sp³-hybridized carbons (Fsp3) is 0.300. The Labute approximate surface area is 103 Å². The minimum atomic E-state index is 0.362. The Hall–Kier alpha value is -1.82. The number of hydrogen-bond donors (Lipinski definition) is 2. The van der Waals surface area contributed by atoms with E-state index in [0.717, 1.165) is 0 Å². The molecule has 7 heteroatoms. The van der Waals surface area contributed by atoms with Crippen molar-refractivity contribution in [3.05, 3.63) is 29.0 Å². The van der Waals surface area contributed by atoms with Gasteiger partial charge in [0.1, 0.15) is 11.0 Å². The van der Waals surface area contributed by atoms with Crippen LogP contribution in [0, 0.1) is 6.92 Å². The van der Waals surface area contributed by atoms with Gasteiger partial charge in [0.2, 0.25) is 5.89 Å². The molecule has 17 heavy (non-hydrogen) atoms. The zero-order valence-corrected chi connectivity index (χ0v) is 10.0. The summed E-state index contributed by atoms with van der Waals surface area (Å²) in [5.74, 6) is 1.85. The third kappa shape index (κ3) is 3.32. The van der Waals surface area contributed by atoms with Gasteiger partial charge in [-0.25, -0.2) is 4.98 Å². The number of nitrogens with two attached hydrogens (primary N) is 1. The van der Waals surface area contributed by atoms with Crippen molar-refractivity contribution in [3.63, 3.8) is 0 Å². The summed E-state index contributed by atoms with van der Waals surface area (Å²) >= 11 is 5.78. The predicted molar refractivity (Wildman–Crippen MR) is 64.9 cm³/mol. The molecular weight excluding hydrogens is 242 g/mol. The topological polar surface area (TPSA) is 89.9 Å². The van der Waals surface area contributed by atoms with Crippen LogP contribution in [0.25, 0.3) is 0 Å². The van der Waals surface area contributed by atoms with Crippen molar-refractivity contribution in [3.8, 4) is 0 Å². The van der Waals surface area contributed by atoms with Crippen LogP contribution in [0.4, 0.5) is 11.5 Å². The van der Waals surface area contributed by atoms with E-state index in [0.29, 0.717) is 41.3 Å². The number of halogens is 1. The first kappa shape index (κ1) is 11.7. The van der Waals surface area contributed by atoms with Gasteiger partial charge < -0.3 is 15.6 Å². The van der Waals surface area contributed by atoms with Gasteiger partial charge in [-0.3, -0.25) is 0 Å². The summed E-state index contributed by atoms with van der Waals surface area (Å²) in [4.78, 5) is 8.17. The molecule has 0 radical (unpaired) electrons. The summed E-state index contributed by atoms with van der Waals surface area (Å²) in [5, 5.41) is 7.14. The highest BCUT2D eigenvalue weighted by molar-refractivity contribution is 6.29. The Morgan fingerprint density at radius 1 is 1.41 bits per heavy atom. The Morgan fingerprint density at radius 3 is 2.88 bits per heavy atom. The van der Waals surface area contributed by atoms with Crippen LogP contribution in [0.1, 0.15) is 11.7 Å². The normalized spacial score (nSPS) is 10.5. The van der Waals surface area contributed by atoms with Gasteiger partial charge >= 0.3 is 0 Å². The minimum absolute atomic E-state index is 0.362. The average Bonchev–Trinajstić information content (AvgIpc) is 2.63. The zero-order valence-electron chi connectivity index (χ0n) is 9.27. The molecule has 0 spiro atoms. The molecule has 0 atom stereocenters. The third-order valence-electron chi connectivity index (χ3n) is 2.03. The van der Waals surface area contributed by atoms with E-state index in [4.69, 9.17) is 21.9 Å². The van der Waals surface area contributed by atoms with E-state index in [2.05, 4.69) is 20.4 Å². The third-order valence-corrected chi connectivity index (χ3v) is 2.22. The molecule has 2 aromatic heterocycles. The van der Waals surface area contributed by atoms with E-state index >= 15 is 0 Å². The molecule has 90 valence electrons. The van der Waals surface area contributed by atoms with Gasteiger partial charge in [-0.2, -0.15) is 4.98 Å². The lowest BCUT2D eigenvalue weighted by Gasteiger charge is -2.04. The highest BCUT2D eigenvalue weighted by Crippen LogP contribution is 2.15. The molecule has 3 N–H and O–H groups in total. The van der Waals surface area contributed by atoms with E-state index < -0.39 is 0 Å². The van der Waals surface area contributed by atoms with Gasteiger partial charge in [0, 0.05) is 24.7 Å². The number of aryl methyl sites for hydroxylation is 1. The smallest absolute Gasteiger partial charge is 0.228 e. The molecule has 0 bridgehead atoms. The van der Waals surface area contributed by atoms with E-state index in [1.807, 2.05) is 0 Å². The molecule has 0 saturated heterocycles. The number of hydrogen-bond acceptors (Lipinski definition) is 6. The van der Waals surface area contributed by atoms with Crippen LogP contribution in [0.2, 0.25) is 5.15 Å². The molecule has 0 fully saturated rings. The first-order valence-electron chi connectivity index (χ1n) is 5.09. The number of nitrogens with zero attached hydrogens (tertiary/aromatic N) is 3. The minimum Gasteiger partial charge on any atom is -0.399 e. The number of nitrogen functional groups attached to an aromatic ring is 1. The van der Waals surface area contributed by atoms with Gasteiger partial charge in [-0.05, 0) is 13.0 Å². The zero-order chi connectivity index (χ0) is 12.3. The Bertz CT molecular complexity index is 493. The summed E-state index contributed by atoms with van der Waals surface area (Å²) in [6.07, 6.45) is 0.620. The van der Waals surface area contributed by atoms with Crippen LogP contribution in [0.15, 0.2) is 16.7 Å². The van der Waals surface area contributed by atoms with Crippen LogP contribution in [-0.2, 0) is 6.42 Å². The second-order valence-corrected chi connectivity index (χ2v) is 3.91. The van der Waals surface area contributed by atoms with Crippen LogP contribution in [0.5, 0.6) is 0 Å². The number of aromatic nitrogens is 3. The van der Waals surface area contributed by atoms with Gasteiger partial charge in [0.25, 0.3) is 0 Å². The molecule has 6 nitrogen and oxygen atoms in total. The lowest BCUT2D eigenvalue weighted by Crippen LogP contribution is -2.07. The van der Waals surface area contributed by atoms with Crippen molar-refractivity contribution in [1.29, 1.82) is 0 Å². The van der Waals surface area contributed by atoms with Crippen molar-refractivity contribution in [1.82, 2.24) is 15.1 Å². The summed E-state index contributed by atoms with van der Waals surface area (Å²) in [7, 11) is 0. The Kier molecular flexibility index (Phi) is 3.43. The number of rotatable bonds is 4. The monoisotopic (exact) mass is 253 g/mol. The molecule has 0 aliphatic carbocycles. The molecule has 2 aromatic rings. The van der Waals surface area contributed by atoms with Crippen molar-refractivity contribution < 1.29 is 4.52 Å². The highest BCUT2D eigenvalue weighted by atomic mass is 35.5. The summed E-state index contributed by atoms with van der Waals surface area (Å²) in [5.41, 5.74) is 6.21. The largest absolute Gasteiger partial charge is 0.399 e. The molecule has 0 aliphatic heterocycles. The fourth-order valence-electron chi connectivity index (χ4n) is 1.35. The summed E-state index contributed by atoms with van der Waals surface area (Å²) in [6, 6.07) is 3.30. The standard InChI is InChI=1S/C10H12ClN5O/c1-6-14-10(17-16-6)2-3-13-9-5-7(12)4-8(11)15-9/h4-5H,2-3H2,1H3,(H3,12,13,15). The van der Waals surface area contributed by atoms with E-state index in [1.165, 1.54) is 0 Å². The molecule has 2 rings (SSSR count). The molecule has 0 aromatic carbocycles. The lowest BCUT2D eigenvalue weighted by atomic mass is 10.3. The van der Waals surface area contributed by atoms with Crippen LogP contribution in [0.3, 0.4) is 0 Å². The maximum atomic E-state index is 5.78. The fourth-order valence-corrected chi connectivity index (χ4v) is 1.56. The number of nitrogens with one attached hydrogen (secondary N) is 1. The number of anilines is 2. The predicted octanol–water partition coefficient (Wildman–Crippen LogP) is 1.66. The molecule has 2 heterocycles. The van der Waals surface area contributed by atoms with Crippen molar-refractivity contribution in [2.24, 2.45) is 0 Å². The molecular formula is C10H12ClN5O. The van der Waals surface area contributed by atoms with Crippen molar-refractivity contribution >= 4 is 23.1 Å². The first-order chi connectivity index (χ1) is 8.13. The van der Waals surface area contributed by atoms with Gasteiger partial charge in [0.05, 0.1) is 0 Å². The van der Waals surface area contributed by atoms with Crippen molar-refractivity contribution in [2.75, 3.05) is 17.6 Å². The van der Waals surface area contributed by atoms with Crippen molar-refractivity contribution in [2.45, 2.75) is 13.3 Å². The van der Waals surface area contributed by atoms with Gasteiger partial charge in [0.15, 0.2) is 5.82 Å². The molecule has 0 aliphatic rings. The second kappa shape index (κ2) is 5.01. The van der Waals surface area contributed by atoms with E-state index in [1.54, 1.807) is 19.1 Å². The van der Waals surface area contributed by atoms with Crippen LogP contribution >= 0.6 is 11.6 Å². The van der Waals surface area contributed by atoms with E-state index in [9.17, 15) is 0 Å².